The monoisotopic (exact) mass is 578 g/mol. The van der Waals surface area contributed by atoms with Gasteiger partial charge < -0.3 is 18.7 Å². The molecule has 0 N–H and O–H groups in total. The van der Waals surface area contributed by atoms with E-state index in [1.165, 1.54) is 0 Å². The van der Waals surface area contributed by atoms with Crippen molar-refractivity contribution in [2.75, 3.05) is 4.90 Å². The number of fused-ring (bicyclic) bond motifs is 2. The first-order valence-corrected chi connectivity index (χ1v) is 14.5. The number of hydrogen-bond acceptors (Lipinski definition) is 8. The minimum Gasteiger partial charge on any atom is -0.373 e. The molecule has 2 aliphatic heterocycles. The molecule has 40 heavy (non-hydrogen) atoms. The van der Waals surface area contributed by atoms with Crippen molar-refractivity contribution in [1.82, 2.24) is 15.3 Å². The summed E-state index contributed by atoms with van der Waals surface area (Å²) in [5, 5.41) is 9.81. The van der Waals surface area contributed by atoms with E-state index < -0.39 is 0 Å². The summed E-state index contributed by atoms with van der Waals surface area (Å²) >= 11 is 13.1. The SMILES string of the molecule is Cc1cc(-c2nc(N3C4CCC3CC(OCc3c(-c5c(Cl)cccc5Cl)noc3C3CC3)C4)no2)ccc1C=O. The number of halogens is 2. The van der Waals surface area contributed by atoms with Gasteiger partial charge in [-0.2, -0.15) is 4.98 Å². The van der Waals surface area contributed by atoms with Crippen molar-refractivity contribution in [3.63, 3.8) is 0 Å². The Morgan fingerprint density at radius 3 is 2.45 bits per heavy atom. The Hall–Kier alpha value is -3.20. The Bertz CT molecular complexity index is 1550. The summed E-state index contributed by atoms with van der Waals surface area (Å²) in [4.78, 5) is 18.2. The van der Waals surface area contributed by atoms with Gasteiger partial charge in [-0.05, 0) is 80.4 Å². The van der Waals surface area contributed by atoms with Crippen LogP contribution in [0, 0.1) is 6.92 Å². The molecule has 0 radical (unpaired) electrons. The van der Waals surface area contributed by atoms with Crippen LogP contribution in [0.4, 0.5) is 5.95 Å². The van der Waals surface area contributed by atoms with Gasteiger partial charge in [-0.1, -0.05) is 40.5 Å². The van der Waals surface area contributed by atoms with Crippen LogP contribution >= 0.6 is 23.2 Å². The van der Waals surface area contributed by atoms with E-state index in [4.69, 9.17) is 42.0 Å². The minimum atomic E-state index is 0.0928. The first-order valence-electron chi connectivity index (χ1n) is 13.7. The first kappa shape index (κ1) is 25.7. The van der Waals surface area contributed by atoms with Gasteiger partial charge >= 0.3 is 0 Å². The molecule has 4 heterocycles. The summed E-state index contributed by atoms with van der Waals surface area (Å²) in [5.41, 5.74) is 4.66. The number of carbonyl (C=O) groups is 1. The van der Waals surface area contributed by atoms with Gasteiger partial charge in [0, 0.05) is 40.3 Å². The van der Waals surface area contributed by atoms with Crippen molar-refractivity contribution in [2.45, 2.75) is 76.2 Å². The number of carbonyl (C=O) groups excluding carboxylic acids is 1. The average molecular weight is 579 g/mol. The van der Waals surface area contributed by atoms with Crippen molar-refractivity contribution in [3.05, 3.63) is 68.9 Å². The van der Waals surface area contributed by atoms with Gasteiger partial charge in [0.2, 0.25) is 0 Å². The Balaban J connectivity index is 1.07. The van der Waals surface area contributed by atoms with Crippen molar-refractivity contribution in [3.8, 4) is 22.7 Å². The molecule has 2 saturated heterocycles. The maximum absolute atomic E-state index is 11.2. The third-order valence-corrected chi connectivity index (χ3v) is 9.04. The Morgan fingerprint density at radius 1 is 1.02 bits per heavy atom. The predicted molar refractivity (Wildman–Crippen MR) is 151 cm³/mol. The largest absolute Gasteiger partial charge is 0.373 e. The molecule has 2 aromatic heterocycles. The quantitative estimate of drug-likeness (QED) is 0.199. The Kier molecular flexibility index (Phi) is 6.65. The summed E-state index contributed by atoms with van der Waals surface area (Å²) in [6, 6.07) is 11.5. The van der Waals surface area contributed by atoms with Crippen molar-refractivity contribution >= 4 is 35.4 Å². The van der Waals surface area contributed by atoms with Gasteiger partial charge in [-0.15, -0.1) is 0 Å². The molecule has 2 atom stereocenters. The lowest BCUT2D eigenvalue weighted by molar-refractivity contribution is 0.0144. The van der Waals surface area contributed by atoms with Crippen LogP contribution in [0.25, 0.3) is 22.7 Å². The Morgan fingerprint density at radius 2 is 1.77 bits per heavy atom. The van der Waals surface area contributed by atoms with Crippen LogP contribution in [-0.2, 0) is 11.3 Å². The van der Waals surface area contributed by atoms with Crippen LogP contribution in [0.1, 0.15) is 71.7 Å². The number of aldehydes is 1. The zero-order chi connectivity index (χ0) is 27.4. The van der Waals surface area contributed by atoms with E-state index in [2.05, 4.69) is 15.2 Å². The number of anilines is 1. The average Bonchev–Trinajstić information content (AvgIpc) is 3.41. The van der Waals surface area contributed by atoms with Crippen molar-refractivity contribution in [2.24, 2.45) is 0 Å². The molecule has 7 rings (SSSR count). The van der Waals surface area contributed by atoms with Crippen molar-refractivity contribution < 1.29 is 18.6 Å². The maximum Gasteiger partial charge on any atom is 0.266 e. The molecule has 3 aliphatic rings. The molecule has 206 valence electrons. The fourth-order valence-corrected chi connectivity index (χ4v) is 6.79. The predicted octanol–water partition coefficient (Wildman–Crippen LogP) is 7.41. The number of aromatic nitrogens is 3. The molecule has 8 nitrogen and oxygen atoms in total. The number of piperidine rings is 1. The summed E-state index contributed by atoms with van der Waals surface area (Å²) in [6.45, 7) is 2.30. The van der Waals surface area contributed by atoms with E-state index in [0.717, 1.165) is 67.3 Å². The molecule has 0 amide bonds. The van der Waals surface area contributed by atoms with Crippen LogP contribution < -0.4 is 4.90 Å². The lowest BCUT2D eigenvalue weighted by atomic mass is 9.99. The van der Waals surface area contributed by atoms with E-state index in [9.17, 15) is 4.79 Å². The maximum atomic E-state index is 11.2. The third kappa shape index (κ3) is 4.62. The molecule has 1 aliphatic carbocycles. The zero-order valence-corrected chi connectivity index (χ0v) is 23.5. The van der Waals surface area contributed by atoms with E-state index in [-0.39, 0.29) is 18.2 Å². The number of ether oxygens (including phenoxy) is 1. The van der Waals surface area contributed by atoms with Crippen LogP contribution in [0.5, 0.6) is 0 Å². The number of hydrogen-bond donors (Lipinski definition) is 0. The second-order valence-corrected chi connectivity index (χ2v) is 11.8. The van der Waals surface area contributed by atoms with E-state index in [1.54, 1.807) is 6.07 Å². The topological polar surface area (TPSA) is 94.5 Å². The fraction of sp³-hybridized carbons (Fsp3) is 0.400. The van der Waals surface area contributed by atoms with Crippen LogP contribution in [0.15, 0.2) is 45.4 Å². The lowest BCUT2D eigenvalue weighted by Gasteiger charge is -2.37. The number of nitrogens with zero attached hydrogens (tertiary/aromatic N) is 4. The minimum absolute atomic E-state index is 0.0928. The van der Waals surface area contributed by atoms with Gasteiger partial charge in [-0.25, -0.2) is 0 Å². The number of aryl methyl sites for hydroxylation is 1. The smallest absolute Gasteiger partial charge is 0.266 e. The summed E-state index contributed by atoms with van der Waals surface area (Å²) in [6.07, 6.45) is 6.99. The summed E-state index contributed by atoms with van der Waals surface area (Å²) in [7, 11) is 0. The zero-order valence-electron chi connectivity index (χ0n) is 22.0. The standard InChI is InChI=1S/C30H28Cl2N4O4/c1-16-11-18(7-8-19(16)14-37)29-33-30(35-40-29)36-20-9-10-21(36)13-22(12-20)38-15-23-27(34-39-28(23)17-5-6-17)26-24(31)3-2-4-25(26)32/h2-4,7-8,11,14,17,20-22H,5-6,9-10,12-13,15H2,1H3. The number of benzene rings is 2. The van der Waals surface area contributed by atoms with E-state index in [1.807, 2.05) is 37.3 Å². The highest BCUT2D eigenvalue weighted by Crippen LogP contribution is 2.47. The molecule has 2 aromatic carbocycles. The van der Waals surface area contributed by atoms with Crippen LogP contribution in [-0.4, -0.2) is 39.8 Å². The van der Waals surface area contributed by atoms with E-state index >= 15 is 0 Å². The molecule has 10 heteroatoms. The summed E-state index contributed by atoms with van der Waals surface area (Å²) in [5.74, 6) is 2.34. The van der Waals surface area contributed by atoms with Crippen LogP contribution in [0.2, 0.25) is 10.0 Å². The number of rotatable bonds is 8. The second-order valence-electron chi connectivity index (χ2n) is 11.0. The molecule has 3 fully saturated rings. The molecular formula is C30H28Cl2N4O4. The molecule has 2 bridgehead atoms. The fourth-order valence-electron chi connectivity index (χ4n) is 6.22. The van der Waals surface area contributed by atoms with Crippen molar-refractivity contribution in [1.29, 1.82) is 0 Å². The normalized spacial score (nSPS) is 22.2. The first-order chi connectivity index (χ1) is 19.5. The molecule has 4 aromatic rings. The molecule has 1 saturated carbocycles. The molecule has 2 unspecified atom stereocenters. The van der Waals surface area contributed by atoms with Gasteiger partial charge in [0.15, 0.2) is 0 Å². The van der Waals surface area contributed by atoms with Gasteiger partial charge in [0.1, 0.15) is 17.7 Å². The molecule has 0 spiro atoms. The second kappa shape index (κ2) is 10.3. The Labute approximate surface area is 241 Å². The highest BCUT2D eigenvalue weighted by Gasteiger charge is 2.43. The lowest BCUT2D eigenvalue weighted by Crippen LogP contribution is -2.46. The highest BCUT2D eigenvalue weighted by molar-refractivity contribution is 6.39. The van der Waals surface area contributed by atoms with Gasteiger partial charge in [-0.3, -0.25) is 4.79 Å². The van der Waals surface area contributed by atoms with Gasteiger partial charge in [0.05, 0.1) is 22.8 Å². The molecular weight excluding hydrogens is 551 g/mol. The van der Waals surface area contributed by atoms with E-state index in [0.29, 0.717) is 51.2 Å². The highest BCUT2D eigenvalue weighted by atomic mass is 35.5. The van der Waals surface area contributed by atoms with Crippen LogP contribution in [0.3, 0.4) is 0 Å². The summed E-state index contributed by atoms with van der Waals surface area (Å²) < 4.78 is 18.0. The third-order valence-electron chi connectivity index (χ3n) is 8.41. The van der Waals surface area contributed by atoms with Gasteiger partial charge in [0.25, 0.3) is 11.8 Å².